The van der Waals surface area contributed by atoms with Gasteiger partial charge >= 0.3 is 0 Å². The zero-order valence-corrected chi connectivity index (χ0v) is 9.34. The molecule has 0 saturated heterocycles. The van der Waals surface area contributed by atoms with Crippen LogP contribution in [-0.4, -0.2) is 14.2 Å². The van der Waals surface area contributed by atoms with E-state index in [2.05, 4.69) is 0 Å². The molecule has 0 fully saturated rings. The average molecular weight is 240 g/mol. The summed E-state index contributed by atoms with van der Waals surface area (Å²) in [6.07, 6.45) is 0.00961. The second kappa shape index (κ2) is 3.52. The van der Waals surface area contributed by atoms with E-state index in [9.17, 15) is 17.6 Å². The van der Waals surface area contributed by atoms with Crippen LogP contribution in [0.4, 0.5) is 4.39 Å². The van der Waals surface area contributed by atoms with Crippen molar-refractivity contribution in [3.63, 3.8) is 0 Å². The van der Waals surface area contributed by atoms with Gasteiger partial charge in [-0.15, -0.1) is 0 Å². The first-order valence-corrected chi connectivity index (χ1v) is 6.20. The van der Waals surface area contributed by atoms with Crippen LogP contribution in [0, 0.1) is 5.82 Å². The Morgan fingerprint density at radius 1 is 1.38 bits per heavy atom. The third kappa shape index (κ3) is 1.67. The van der Waals surface area contributed by atoms with Crippen molar-refractivity contribution in [1.82, 2.24) is 0 Å². The SMILES string of the molecule is CC(=O)CC1=CS(=O)(=O)c2c(F)cccc21. The fourth-order valence-electron chi connectivity index (χ4n) is 1.77. The number of carbonyl (C=O) groups is 1. The number of benzene rings is 1. The van der Waals surface area contributed by atoms with Crippen molar-refractivity contribution in [2.24, 2.45) is 0 Å². The van der Waals surface area contributed by atoms with Crippen molar-refractivity contribution in [3.8, 4) is 0 Å². The highest BCUT2D eigenvalue weighted by atomic mass is 32.2. The van der Waals surface area contributed by atoms with Crippen LogP contribution < -0.4 is 0 Å². The Bertz CT molecular complexity index is 600. The molecule has 0 amide bonds. The molecule has 0 atom stereocenters. The first-order chi connectivity index (χ1) is 7.42. The van der Waals surface area contributed by atoms with Crippen LogP contribution in [0.3, 0.4) is 0 Å². The first kappa shape index (κ1) is 11.0. The molecule has 1 aliphatic heterocycles. The molecule has 0 aromatic heterocycles. The minimum atomic E-state index is -3.72. The minimum absolute atomic E-state index is 0.00961. The summed E-state index contributed by atoms with van der Waals surface area (Å²) in [7, 11) is -3.72. The third-order valence-electron chi connectivity index (χ3n) is 2.33. The molecular weight excluding hydrogens is 231 g/mol. The van der Waals surface area contributed by atoms with Crippen molar-refractivity contribution in [2.45, 2.75) is 18.2 Å². The average Bonchev–Trinajstić information content (AvgIpc) is 2.38. The summed E-state index contributed by atoms with van der Waals surface area (Å²) in [5.74, 6) is -0.925. The van der Waals surface area contributed by atoms with E-state index in [1.165, 1.54) is 19.1 Å². The quantitative estimate of drug-likeness (QED) is 0.793. The minimum Gasteiger partial charge on any atom is -0.300 e. The van der Waals surface area contributed by atoms with Crippen LogP contribution in [0.25, 0.3) is 5.57 Å². The molecule has 16 heavy (non-hydrogen) atoms. The smallest absolute Gasteiger partial charge is 0.203 e. The number of hydrogen-bond acceptors (Lipinski definition) is 3. The summed E-state index contributed by atoms with van der Waals surface area (Å²) in [6, 6.07) is 4.04. The molecule has 0 spiro atoms. The first-order valence-electron chi connectivity index (χ1n) is 4.66. The van der Waals surface area contributed by atoms with E-state index in [4.69, 9.17) is 0 Å². The number of ketones is 1. The van der Waals surface area contributed by atoms with E-state index in [1.807, 2.05) is 0 Å². The summed E-state index contributed by atoms with van der Waals surface area (Å²) in [4.78, 5) is 10.7. The lowest BCUT2D eigenvalue weighted by Gasteiger charge is -2.02. The normalized spacial score (nSPS) is 16.8. The van der Waals surface area contributed by atoms with Crippen LogP contribution in [-0.2, 0) is 14.6 Å². The maximum Gasteiger partial charge on any atom is 0.203 e. The Balaban J connectivity index is 2.65. The van der Waals surface area contributed by atoms with Crippen molar-refractivity contribution in [3.05, 3.63) is 35.0 Å². The Morgan fingerprint density at radius 3 is 2.69 bits per heavy atom. The molecule has 0 aliphatic carbocycles. The van der Waals surface area contributed by atoms with Gasteiger partial charge in [-0.2, -0.15) is 0 Å². The summed E-state index contributed by atoms with van der Waals surface area (Å²) in [6.45, 7) is 1.37. The lowest BCUT2D eigenvalue weighted by atomic mass is 10.0. The van der Waals surface area contributed by atoms with Crippen LogP contribution in [0.15, 0.2) is 28.5 Å². The summed E-state index contributed by atoms with van der Waals surface area (Å²) < 4.78 is 36.7. The molecule has 0 bridgehead atoms. The van der Waals surface area contributed by atoms with Gasteiger partial charge in [0.25, 0.3) is 0 Å². The van der Waals surface area contributed by atoms with E-state index in [0.29, 0.717) is 11.1 Å². The highest BCUT2D eigenvalue weighted by molar-refractivity contribution is 7.95. The molecule has 1 aromatic rings. The summed E-state index contributed by atoms with van der Waals surface area (Å²) in [5, 5.41) is 0.974. The number of rotatable bonds is 2. The number of allylic oxidation sites excluding steroid dienone is 1. The van der Waals surface area contributed by atoms with Crippen LogP contribution in [0.2, 0.25) is 0 Å². The maximum atomic E-state index is 13.4. The van der Waals surface area contributed by atoms with Gasteiger partial charge in [0, 0.05) is 17.4 Å². The Kier molecular flexibility index (Phi) is 2.42. The monoisotopic (exact) mass is 240 g/mol. The van der Waals surface area contributed by atoms with Gasteiger partial charge < -0.3 is 0 Å². The predicted molar refractivity (Wildman–Crippen MR) is 56.9 cm³/mol. The number of sulfone groups is 1. The standard InChI is InChI=1S/C11H9FO3S/c1-7(13)5-8-6-16(14,15)11-9(8)3-2-4-10(11)12/h2-4,6H,5H2,1H3. The molecule has 2 rings (SSSR count). The van der Waals surface area contributed by atoms with Gasteiger partial charge in [-0.05, 0) is 18.6 Å². The van der Waals surface area contributed by atoms with Gasteiger partial charge in [-0.3, -0.25) is 4.79 Å². The van der Waals surface area contributed by atoms with E-state index >= 15 is 0 Å². The molecule has 1 aromatic carbocycles. The van der Waals surface area contributed by atoms with Crippen molar-refractivity contribution in [2.75, 3.05) is 0 Å². The van der Waals surface area contributed by atoms with Crippen LogP contribution in [0.1, 0.15) is 18.9 Å². The van der Waals surface area contributed by atoms with Gasteiger partial charge in [-0.25, -0.2) is 12.8 Å². The predicted octanol–water partition coefficient (Wildman–Crippen LogP) is 1.93. The van der Waals surface area contributed by atoms with E-state index in [1.54, 1.807) is 0 Å². The van der Waals surface area contributed by atoms with E-state index in [0.717, 1.165) is 11.5 Å². The molecule has 3 nitrogen and oxygen atoms in total. The fourth-order valence-corrected chi connectivity index (χ4v) is 3.31. The van der Waals surface area contributed by atoms with Crippen molar-refractivity contribution in [1.29, 1.82) is 0 Å². The molecular formula is C11H9FO3S. The number of carbonyl (C=O) groups excluding carboxylic acids is 1. The molecule has 5 heteroatoms. The number of Topliss-reactive ketones (excluding diaryl/α,β-unsaturated/α-hetero) is 1. The number of hydrogen-bond donors (Lipinski definition) is 0. The highest BCUT2D eigenvalue weighted by Crippen LogP contribution is 2.36. The molecule has 0 unspecified atom stereocenters. The second-order valence-corrected chi connectivity index (χ2v) is 5.42. The molecule has 0 saturated carbocycles. The van der Waals surface area contributed by atoms with Gasteiger partial charge in [0.15, 0.2) is 0 Å². The Labute approximate surface area is 92.5 Å². The zero-order chi connectivity index (χ0) is 11.9. The third-order valence-corrected chi connectivity index (χ3v) is 3.91. The number of halogens is 1. The lowest BCUT2D eigenvalue weighted by molar-refractivity contribution is -0.116. The molecule has 0 N–H and O–H groups in total. The Morgan fingerprint density at radius 2 is 2.06 bits per heavy atom. The molecule has 84 valence electrons. The topological polar surface area (TPSA) is 51.2 Å². The molecule has 1 aliphatic rings. The second-order valence-electron chi connectivity index (χ2n) is 3.68. The van der Waals surface area contributed by atoms with Gasteiger partial charge in [-0.1, -0.05) is 12.1 Å². The largest absolute Gasteiger partial charge is 0.300 e. The maximum absolute atomic E-state index is 13.4. The summed E-state index contributed by atoms with van der Waals surface area (Å²) >= 11 is 0. The van der Waals surface area contributed by atoms with Crippen molar-refractivity contribution < 1.29 is 17.6 Å². The van der Waals surface area contributed by atoms with Crippen molar-refractivity contribution >= 4 is 21.2 Å². The Hall–Kier alpha value is -1.49. The van der Waals surface area contributed by atoms with Crippen LogP contribution in [0.5, 0.6) is 0 Å². The number of fused-ring (bicyclic) bond motifs is 1. The fraction of sp³-hybridized carbons (Fsp3) is 0.182. The van der Waals surface area contributed by atoms with Gasteiger partial charge in [0.2, 0.25) is 9.84 Å². The van der Waals surface area contributed by atoms with Crippen LogP contribution >= 0.6 is 0 Å². The zero-order valence-electron chi connectivity index (χ0n) is 8.53. The van der Waals surface area contributed by atoms with Gasteiger partial charge in [0.1, 0.15) is 16.5 Å². The van der Waals surface area contributed by atoms with Gasteiger partial charge in [0.05, 0.1) is 0 Å². The summed E-state index contributed by atoms with van der Waals surface area (Å²) in [5.41, 5.74) is 0.664. The van der Waals surface area contributed by atoms with E-state index < -0.39 is 15.7 Å². The highest BCUT2D eigenvalue weighted by Gasteiger charge is 2.30. The molecule has 1 heterocycles. The lowest BCUT2D eigenvalue weighted by Crippen LogP contribution is -1.97. The van der Waals surface area contributed by atoms with E-state index in [-0.39, 0.29) is 17.1 Å². The molecule has 0 radical (unpaired) electrons.